The van der Waals surface area contributed by atoms with Crippen molar-refractivity contribution in [3.8, 4) is 0 Å². The van der Waals surface area contributed by atoms with Crippen molar-refractivity contribution in [2.24, 2.45) is 5.92 Å². The predicted octanol–water partition coefficient (Wildman–Crippen LogP) is 4.47. The van der Waals surface area contributed by atoms with E-state index in [-0.39, 0.29) is 41.1 Å². The molecule has 2 heterocycles. The summed E-state index contributed by atoms with van der Waals surface area (Å²) < 4.78 is 33.6. The fraction of sp³-hybridized carbons (Fsp3) is 0.417. The number of aromatic nitrogens is 2. The smallest absolute Gasteiger partial charge is 0.290 e. The average Bonchev–Trinajstić information content (AvgIpc) is 3.35. The molecule has 8 heteroatoms. The van der Waals surface area contributed by atoms with Crippen LogP contribution in [0.2, 0.25) is 0 Å². The second kappa shape index (κ2) is 9.73. The molecule has 0 N–H and O–H groups in total. The van der Waals surface area contributed by atoms with E-state index in [0.29, 0.717) is 12.2 Å². The quantitative estimate of drug-likeness (QED) is 0.473. The van der Waals surface area contributed by atoms with Crippen LogP contribution >= 0.6 is 0 Å². The molecule has 7 nitrogen and oxygen atoms in total. The molecule has 0 atom stereocenters. The zero-order chi connectivity index (χ0) is 23.5. The molecule has 0 saturated carbocycles. The molecule has 3 aromatic rings. The molecule has 0 aliphatic carbocycles. The van der Waals surface area contributed by atoms with Gasteiger partial charge >= 0.3 is 0 Å². The third-order valence-corrected chi connectivity index (χ3v) is 6.71. The molecule has 0 radical (unpaired) electrons. The van der Waals surface area contributed by atoms with Crippen LogP contribution in [-0.2, 0) is 28.7 Å². The SMILES string of the molecule is Cc1cccc(CS(=O)(=O)c2ncc(CN(C(=O)c3ccco3)C(C)C)n2CC(C)C)c1. The summed E-state index contributed by atoms with van der Waals surface area (Å²) in [5.74, 6) is 0.0825. The van der Waals surface area contributed by atoms with E-state index in [4.69, 9.17) is 4.42 Å². The van der Waals surface area contributed by atoms with Crippen LogP contribution < -0.4 is 0 Å². The lowest BCUT2D eigenvalue weighted by Gasteiger charge is -2.26. The van der Waals surface area contributed by atoms with Crippen LogP contribution in [0.4, 0.5) is 0 Å². The number of carbonyl (C=O) groups excluding carboxylic acids is 1. The summed E-state index contributed by atoms with van der Waals surface area (Å²) in [4.78, 5) is 18.9. The van der Waals surface area contributed by atoms with Gasteiger partial charge in [-0.1, -0.05) is 43.7 Å². The van der Waals surface area contributed by atoms with Crippen LogP contribution in [0.15, 0.2) is 58.4 Å². The Kier molecular flexibility index (Phi) is 7.23. The second-order valence-corrected chi connectivity index (χ2v) is 10.7. The van der Waals surface area contributed by atoms with Crippen LogP contribution in [0.1, 0.15) is 55.1 Å². The number of carbonyl (C=O) groups is 1. The molecule has 0 aliphatic rings. The van der Waals surface area contributed by atoms with Crippen molar-refractivity contribution in [1.29, 1.82) is 0 Å². The van der Waals surface area contributed by atoms with Gasteiger partial charge in [0.2, 0.25) is 15.0 Å². The number of amides is 1. The van der Waals surface area contributed by atoms with Gasteiger partial charge in [0, 0.05) is 12.6 Å². The largest absolute Gasteiger partial charge is 0.459 e. The maximum Gasteiger partial charge on any atom is 0.290 e. The van der Waals surface area contributed by atoms with E-state index in [1.165, 1.54) is 6.26 Å². The number of benzene rings is 1. The Balaban J connectivity index is 1.96. The average molecular weight is 458 g/mol. The highest BCUT2D eigenvalue weighted by atomic mass is 32.2. The van der Waals surface area contributed by atoms with E-state index in [0.717, 1.165) is 11.1 Å². The van der Waals surface area contributed by atoms with Gasteiger partial charge in [-0.2, -0.15) is 0 Å². The van der Waals surface area contributed by atoms with E-state index in [9.17, 15) is 13.2 Å². The van der Waals surface area contributed by atoms with Crippen LogP contribution in [0.25, 0.3) is 0 Å². The number of furan rings is 1. The lowest BCUT2D eigenvalue weighted by atomic mass is 10.2. The number of aryl methyl sites for hydroxylation is 1. The minimum Gasteiger partial charge on any atom is -0.459 e. The maximum atomic E-state index is 13.3. The van der Waals surface area contributed by atoms with Crippen molar-refractivity contribution in [1.82, 2.24) is 14.5 Å². The summed E-state index contributed by atoms with van der Waals surface area (Å²) in [7, 11) is -3.68. The molecule has 2 aromatic heterocycles. The number of hydrogen-bond donors (Lipinski definition) is 0. The Morgan fingerprint density at radius 3 is 2.50 bits per heavy atom. The molecule has 32 heavy (non-hydrogen) atoms. The topological polar surface area (TPSA) is 85.4 Å². The zero-order valence-corrected chi connectivity index (χ0v) is 20.1. The molecule has 3 rings (SSSR count). The summed E-state index contributed by atoms with van der Waals surface area (Å²) in [5.41, 5.74) is 2.41. The van der Waals surface area contributed by atoms with Gasteiger partial charge in [0.25, 0.3) is 5.91 Å². The van der Waals surface area contributed by atoms with Gasteiger partial charge in [-0.05, 0) is 44.4 Å². The van der Waals surface area contributed by atoms with Crippen molar-refractivity contribution in [2.75, 3.05) is 0 Å². The van der Waals surface area contributed by atoms with Crippen LogP contribution in [0.3, 0.4) is 0 Å². The fourth-order valence-corrected chi connectivity index (χ4v) is 5.11. The molecule has 0 unspecified atom stereocenters. The van der Waals surface area contributed by atoms with Gasteiger partial charge in [-0.15, -0.1) is 0 Å². The second-order valence-electron chi connectivity index (χ2n) is 8.79. The Morgan fingerprint density at radius 1 is 1.16 bits per heavy atom. The maximum absolute atomic E-state index is 13.3. The normalized spacial score (nSPS) is 12.0. The van der Waals surface area contributed by atoms with Crippen molar-refractivity contribution in [2.45, 2.75) is 64.7 Å². The number of imidazole rings is 1. The Morgan fingerprint density at radius 2 is 1.91 bits per heavy atom. The molecule has 0 aliphatic heterocycles. The standard InChI is InChI=1S/C24H31N3O4S/c1-17(2)14-27-21(15-26(18(3)4)23(28)22-10-7-11-31-22)13-25-24(27)32(29,30)16-20-9-6-8-19(5)12-20/h6-13,17-18H,14-16H2,1-5H3. The molecule has 172 valence electrons. The Labute approximate surface area is 190 Å². The van der Waals surface area contributed by atoms with Gasteiger partial charge in [-0.3, -0.25) is 4.79 Å². The summed E-state index contributed by atoms with van der Waals surface area (Å²) in [6, 6.07) is 10.7. The predicted molar refractivity (Wildman–Crippen MR) is 123 cm³/mol. The molecule has 1 aromatic carbocycles. The van der Waals surface area contributed by atoms with Gasteiger partial charge in [0.1, 0.15) is 0 Å². The van der Waals surface area contributed by atoms with Crippen molar-refractivity contribution < 1.29 is 17.6 Å². The van der Waals surface area contributed by atoms with Crippen LogP contribution in [0, 0.1) is 12.8 Å². The third-order valence-electron chi connectivity index (χ3n) is 5.12. The molecular formula is C24H31N3O4S. The summed E-state index contributed by atoms with van der Waals surface area (Å²) in [6.45, 7) is 10.5. The monoisotopic (exact) mass is 457 g/mol. The summed E-state index contributed by atoms with van der Waals surface area (Å²) in [6.07, 6.45) is 3.03. The number of rotatable bonds is 9. The first-order valence-corrected chi connectivity index (χ1v) is 12.4. The highest BCUT2D eigenvalue weighted by Crippen LogP contribution is 2.22. The Bertz CT molecular complexity index is 1160. The summed E-state index contributed by atoms with van der Waals surface area (Å²) in [5, 5.41) is 0.0388. The molecule has 0 saturated heterocycles. The molecule has 0 fully saturated rings. The van der Waals surface area contributed by atoms with Gasteiger partial charge in [0.15, 0.2) is 5.76 Å². The van der Waals surface area contributed by atoms with Crippen molar-refractivity contribution in [3.63, 3.8) is 0 Å². The molecule has 0 spiro atoms. The van der Waals surface area contributed by atoms with Crippen molar-refractivity contribution >= 4 is 15.7 Å². The van der Waals surface area contributed by atoms with Crippen molar-refractivity contribution in [3.05, 3.63) is 71.4 Å². The minimum absolute atomic E-state index is 0.0388. The number of nitrogens with zero attached hydrogens (tertiary/aromatic N) is 3. The van der Waals surface area contributed by atoms with Crippen LogP contribution in [0.5, 0.6) is 0 Å². The third kappa shape index (κ3) is 5.48. The van der Waals surface area contributed by atoms with E-state index >= 15 is 0 Å². The van der Waals surface area contributed by atoms with Gasteiger partial charge in [0.05, 0.1) is 30.5 Å². The molecule has 1 amide bonds. The first-order chi connectivity index (χ1) is 15.1. The number of sulfone groups is 1. The highest BCUT2D eigenvalue weighted by molar-refractivity contribution is 7.90. The van der Waals surface area contributed by atoms with Crippen LogP contribution in [-0.4, -0.2) is 34.8 Å². The molecular weight excluding hydrogens is 426 g/mol. The molecule has 0 bridgehead atoms. The first kappa shape index (κ1) is 23.8. The summed E-state index contributed by atoms with van der Waals surface area (Å²) >= 11 is 0. The van der Waals surface area contributed by atoms with Gasteiger partial charge < -0.3 is 13.9 Å². The van der Waals surface area contributed by atoms with E-state index < -0.39 is 9.84 Å². The highest BCUT2D eigenvalue weighted by Gasteiger charge is 2.28. The lowest BCUT2D eigenvalue weighted by Crippen LogP contribution is -2.37. The lowest BCUT2D eigenvalue weighted by molar-refractivity contribution is 0.0652. The van der Waals surface area contributed by atoms with Gasteiger partial charge in [-0.25, -0.2) is 13.4 Å². The number of hydrogen-bond acceptors (Lipinski definition) is 5. The van der Waals surface area contributed by atoms with E-state index in [1.54, 1.807) is 27.8 Å². The Hall–Kier alpha value is -2.87. The van der Waals surface area contributed by atoms with E-state index in [1.807, 2.05) is 58.9 Å². The zero-order valence-electron chi connectivity index (χ0n) is 19.3. The van der Waals surface area contributed by atoms with E-state index in [2.05, 4.69) is 4.98 Å². The fourth-order valence-electron chi connectivity index (χ4n) is 3.62. The minimum atomic E-state index is -3.68. The first-order valence-electron chi connectivity index (χ1n) is 10.8.